The second-order valence-corrected chi connectivity index (χ2v) is 6.27. The van der Waals surface area contributed by atoms with Crippen LogP contribution in [0.3, 0.4) is 0 Å². The van der Waals surface area contributed by atoms with Crippen molar-refractivity contribution in [3.05, 3.63) is 78.5 Å². The molecule has 0 saturated heterocycles. The fourth-order valence-corrected chi connectivity index (χ4v) is 3.30. The third-order valence-corrected chi connectivity index (χ3v) is 4.54. The van der Waals surface area contributed by atoms with E-state index in [1.54, 1.807) is 24.5 Å². The molecule has 0 unspecified atom stereocenters. The molecule has 0 aliphatic carbocycles. The number of pyridine rings is 2. The van der Waals surface area contributed by atoms with Crippen LogP contribution in [0.2, 0.25) is 0 Å². The van der Waals surface area contributed by atoms with Crippen molar-refractivity contribution < 1.29 is 9.18 Å². The number of nitrogens with zero attached hydrogens (tertiary/aromatic N) is 2. The molecule has 5 aromatic rings. The van der Waals surface area contributed by atoms with Gasteiger partial charge in [0.15, 0.2) is 0 Å². The summed E-state index contributed by atoms with van der Waals surface area (Å²) < 4.78 is 13.4. The molecule has 2 N–H and O–H groups in total. The molecule has 6 heteroatoms. The molecule has 0 fully saturated rings. The second kappa shape index (κ2) is 5.88. The molecule has 130 valence electrons. The molecule has 0 bridgehead atoms. The van der Waals surface area contributed by atoms with E-state index in [0.717, 1.165) is 21.8 Å². The number of H-pyrrole nitrogens is 1. The summed E-state index contributed by atoms with van der Waals surface area (Å²) in [5.74, 6) is -0.646. The number of aromatic nitrogens is 3. The van der Waals surface area contributed by atoms with Crippen LogP contribution in [0.5, 0.6) is 0 Å². The summed E-state index contributed by atoms with van der Waals surface area (Å²) >= 11 is 0. The molecule has 27 heavy (non-hydrogen) atoms. The number of carbonyl (C=O) groups is 1. The smallest absolute Gasteiger partial charge is 0.272 e. The van der Waals surface area contributed by atoms with Gasteiger partial charge in [0.25, 0.3) is 5.91 Å². The Hall–Kier alpha value is -3.80. The van der Waals surface area contributed by atoms with Crippen molar-refractivity contribution in [1.82, 2.24) is 15.0 Å². The highest BCUT2D eigenvalue weighted by atomic mass is 19.1. The van der Waals surface area contributed by atoms with Crippen LogP contribution in [0.1, 0.15) is 10.5 Å². The van der Waals surface area contributed by atoms with Crippen LogP contribution in [0, 0.1) is 5.82 Å². The highest BCUT2D eigenvalue weighted by molar-refractivity contribution is 6.15. The zero-order valence-corrected chi connectivity index (χ0v) is 14.0. The molecule has 2 aromatic carbocycles. The van der Waals surface area contributed by atoms with E-state index < -0.39 is 0 Å². The van der Waals surface area contributed by atoms with Crippen LogP contribution in [-0.4, -0.2) is 20.9 Å². The number of nitrogens with one attached hydrogen (secondary N) is 2. The van der Waals surface area contributed by atoms with E-state index in [2.05, 4.69) is 20.3 Å². The van der Waals surface area contributed by atoms with Gasteiger partial charge in [0.05, 0.1) is 16.7 Å². The predicted octanol–water partition coefficient (Wildman–Crippen LogP) is 4.66. The van der Waals surface area contributed by atoms with Crippen LogP contribution in [0.4, 0.5) is 10.1 Å². The molecule has 5 nitrogen and oxygen atoms in total. The van der Waals surface area contributed by atoms with Gasteiger partial charge < -0.3 is 10.3 Å². The minimum absolute atomic E-state index is 0.306. The Kier molecular flexibility index (Phi) is 3.36. The number of anilines is 1. The Morgan fingerprint density at radius 1 is 0.926 bits per heavy atom. The summed E-state index contributed by atoms with van der Waals surface area (Å²) in [6.07, 6.45) is 3.42. The van der Waals surface area contributed by atoms with Crippen molar-refractivity contribution in [2.75, 3.05) is 5.32 Å². The lowest BCUT2D eigenvalue weighted by Crippen LogP contribution is -2.12. The van der Waals surface area contributed by atoms with E-state index >= 15 is 0 Å². The molecule has 1 amide bonds. The number of hydrogen-bond donors (Lipinski definition) is 2. The third kappa shape index (κ3) is 2.58. The largest absolute Gasteiger partial charge is 0.351 e. The van der Waals surface area contributed by atoms with Crippen LogP contribution in [-0.2, 0) is 0 Å². The summed E-state index contributed by atoms with van der Waals surface area (Å²) in [6, 6.07) is 15.4. The maximum absolute atomic E-state index is 13.4. The molecule has 0 aliphatic rings. The Morgan fingerprint density at radius 2 is 1.74 bits per heavy atom. The lowest BCUT2D eigenvalue weighted by atomic mass is 10.1. The normalized spacial score (nSPS) is 11.3. The summed E-state index contributed by atoms with van der Waals surface area (Å²) in [4.78, 5) is 24.6. The molecular weight excluding hydrogens is 343 g/mol. The number of hydrogen-bond acceptors (Lipinski definition) is 3. The zero-order valence-electron chi connectivity index (χ0n) is 14.0. The maximum Gasteiger partial charge on any atom is 0.272 e. The molecule has 0 saturated carbocycles. The van der Waals surface area contributed by atoms with Crippen molar-refractivity contribution in [1.29, 1.82) is 0 Å². The van der Waals surface area contributed by atoms with E-state index in [1.165, 1.54) is 12.1 Å². The van der Waals surface area contributed by atoms with E-state index in [-0.39, 0.29) is 11.7 Å². The van der Waals surface area contributed by atoms with E-state index in [9.17, 15) is 9.18 Å². The average molecular weight is 356 g/mol. The van der Waals surface area contributed by atoms with Crippen molar-refractivity contribution >= 4 is 44.3 Å². The summed E-state index contributed by atoms with van der Waals surface area (Å²) in [7, 11) is 0. The van der Waals surface area contributed by atoms with Gasteiger partial charge in [0.2, 0.25) is 0 Å². The van der Waals surface area contributed by atoms with Crippen LogP contribution < -0.4 is 5.32 Å². The van der Waals surface area contributed by atoms with Gasteiger partial charge in [-0.05, 0) is 48.5 Å². The van der Waals surface area contributed by atoms with Crippen LogP contribution >= 0.6 is 0 Å². The first-order chi connectivity index (χ1) is 13.2. The number of rotatable bonds is 2. The molecular formula is C21H13FN4O. The first-order valence-electron chi connectivity index (χ1n) is 8.41. The van der Waals surface area contributed by atoms with Crippen molar-refractivity contribution in [3.8, 4) is 0 Å². The summed E-state index contributed by atoms with van der Waals surface area (Å²) in [6.45, 7) is 0. The van der Waals surface area contributed by atoms with Gasteiger partial charge in [0, 0.05) is 34.1 Å². The maximum atomic E-state index is 13.4. The van der Waals surface area contributed by atoms with Gasteiger partial charge in [-0.3, -0.25) is 14.8 Å². The van der Waals surface area contributed by atoms with E-state index in [4.69, 9.17) is 0 Å². The van der Waals surface area contributed by atoms with Crippen LogP contribution in [0.25, 0.3) is 32.7 Å². The number of halogens is 1. The molecule has 0 atom stereocenters. The molecule has 5 rings (SSSR count). The molecule has 3 aromatic heterocycles. The Bertz CT molecular complexity index is 1340. The fraction of sp³-hybridized carbons (Fsp3) is 0. The first kappa shape index (κ1) is 15.5. The zero-order chi connectivity index (χ0) is 18.4. The third-order valence-electron chi connectivity index (χ3n) is 4.54. The van der Waals surface area contributed by atoms with Crippen molar-refractivity contribution in [2.24, 2.45) is 0 Å². The molecule has 3 heterocycles. The number of benzene rings is 2. The average Bonchev–Trinajstić information content (AvgIpc) is 3.11. The standard InChI is InChI=1S/C21H13FN4O/c22-14-5-6-16-13(9-14)11-18(25-16)21(27)26-17-10-12-3-1-7-23-19(12)20-15(17)4-2-8-24-20/h1-11,25H,(H,26,27). The van der Waals surface area contributed by atoms with Gasteiger partial charge in [0.1, 0.15) is 11.5 Å². The Morgan fingerprint density at radius 3 is 2.63 bits per heavy atom. The first-order valence-corrected chi connectivity index (χ1v) is 8.41. The minimum atomic E-state index is -0.340. The topological polar surface area (TPSA) is 70.7 Å². The van der Waals surface area contributed by atoms with Gasteiger partial charge in [-0.15, -0.1) is 0 Å². The quantitative estimate of drug-likeness (QED) is 0.452. The highest BCUT2D eigenvalue weighted by Gasteiger charge is 2.14. The SMILES string of the molecule is O=C(Nc1cc2cccnc2c2ncccc12)c1cc2cc(F)ccc2[nH]1. The van der Waals surface area contributed by atoms with Gasteiger partial charge in [-0.25, -0.2) is 4.39 Å². The molecule has 0 radical (unpaired) electrons. The number of aromatic amines is 1. The number of fused-ring (bicyclic) bond motifs is 4. The fourth-order valence-electron chi connectivity index (χ4n) is 3.30. The van der Waals surface area contributed by atoms with Gasteiger partial charge in [-0.1, -0.05) is 6.07 Å². The molecule has 0 aliphatic heterocycles. The van der Waals surface area contributed by atoms with Crippen molar-refractivity contribution in [2.45, 2.75) is 0 Å². The van der Waals surface area contributed by atoms with E-state index in [1.807, 2.05) is 30.3 Å². The Balaban J connectivity index is 1.61. The second-order valence-electron chi connectivity index (χ2n) is 6.27. The monoisotopic (exact) mass is 356 g/mol. The highest BCUT2D eigenvalue weighted by Crippen LogP contribution is 2.29. The Labute approximate surface area is 152 Å². The number of carbonyl (C=O) groups excluding carboxylic acids is 1. The van der Waals surface area contributed by atoms with Crippen molar-refractivity contribution in [3.63, 3.8) is 0 Å². The van der Waals surface area contributed by atoms with Gasteiger partial charge >= 0.3 is 0 Å². The molecule has 0 spiro atoms. The predicted molar refractivity (Wildman–Crippen MR) is 103 cm³/mol. The van der Waals surface area contributed by atoms with E-state index in [0.29, 0.717) is 22.3 Å². The summed E-state index contributed by atoms with van der Waals surface area (Å²) in [5.41, 5.74) is 3.22. The summed E-state index contributed by atoms with van der Waals surface area (Å²) in [5, 5.41) is 5.28. The number of amides is 1. The lowest BCUT2D eigenvalue weighted by molar-refractivity contribution is 0.102. The minimum Gasteiger partial charge on any atom is -0.351 e. The van der Waals surface area contributed by atoms with Crippen LogP contribution in [0.15, 0.2) is 67.0 Å². The van der Waals surface area contributed by atoms with Gasteiger partial charge in [-0.2, -0.15) is 0 Å². The lowest BCUT2D eigenvalue weighted by Gasteiger charge is -2.10.